The van der Waals surface area contributed by atoms with Gasteiger partial charge in [0.15, 0.2) is 17.5 Å². The first-order chi connectivity index (χ1) is 12.7. The molecule has 0 aromatic heterocycles. The molecule has 0 spiro atoms. The maximum atomic E-state index is 14.7. The average Bonchev–Trinajstić information content (AvgIpc) is 2.58. The molecule has 3 aromatic rings. The molecule has 0 N–H and O–H groups in total. The van der Waals surface area contributed by atoms with Crippen LogP contribution < -0.4 is 4.90 Å². The lowest BCUT2D eigenvalue weighted by atomic mass is 10.1. The second-order valence-electron chi connectivity index (χ2n) is 6.40. The standard InChI is InChI=1S/C21H16F5N/c1-11-4-6-17(14(22)8-11)27(18-7-5-12(2)9-15(18)23)21-16(24)10-13(3)19(25)20(21)26/h4-10H,1-3H3. The minimum absolute atomic E-state index is 0.248. The van der Waals surface area contributed by atoms with Crippen molar-refractivity contribution in [2.24, 2.45) is 0 Å². The van der Waals surface area contributed by atoms with Gasteiger partial charge in [0.2, 0.25) is 0 Å². The van der Waals surface area contributed by atoms with Gasteiger partial charge < -0.3 is 0 Å². The zero-order valence-electron chi connectivity index (χ0n) is 14.9. The second kappa shape index (κ2) is 7.02. The van der Waals surface area contributed by atoms with Crippen LogP contribution in [-0.4, -0.2) is 0 Å². The lowest BCUT2D eigenvalue weighted by molar-refractivity contribution is 0.490. The van der Waals surface area contributed by atoms with Crippen molar-refractivity contribution in [1.82, 2.24) is 0 Å². The van der Waals surface area contributed by atoms with Crippen molar-refractivity contribution in [3.63, 3.8) is 0 Å². The van der Waals surface area contributed by atoms with Crippen LogP contribution in [0.25, 0.3) is 0 Å². The minimum Gasteiger partial charge on any atom is -0.299 e. The van der Waals surface area contributed by atoms with Crippen LogP contribution in [-0.2, 0) is 0 Å². The largest absolute Gasteiger partial charge is 0.299 e. The topological polar surface area (TPSA) is 3.24 Å². The molecule has 0 radical (unpaired) electrons. The first-order valence-electron chi connectivity index (χ1n) is 8.17. The van der Waals surface area contributed by atoms with Crippen LogP contribution in [0.15, 0.2) is 42.5 Å². The lowest BCUT2D eigenvalue weighted by Gasteiger charge is -2.27. The Bertz CT molecular complexity index is 978. The molecule has 1 nitrogen and oxygen atoms in total. The van der Waals surface area contributed by atoms with Gasteiger partial charge in [-0.1, -0.05) is 12.1 Å². The highest BCUT2D eigenvalue weighted by Gasteiger charge is 2.28. The second-order valence-corrected chi connectivity index (χ2v) is 6.40. The summed E-state index contributed by atoms with van der Waals surface area (Å²) in [4.78, 5) is 0.719. The summed E-state index contributed by atoms with van der Waals surface area (Å²) in [7, 11) is 0. The summed E-state index contributed by atoms with van der Waals surface area (Å²) < 4.78 is 72.7. The van der Waals surface area contributed by atoms with Gasteiger partial charge in [-0.25, -0.2) is 22.0 Å². The van der Waals surface area contributed by atoms with Gasteiger partial charge in [0.1, 0.15) is 17.3 Å². The Hall–Kier alpha value is -2.89. The number of benzene rings is 3. The van der Waals surface area contributed by atoms with E-state index in [-0.39, 0.29) is 16.9 Å². The Morgan fingerprint density at radius 1 is 0.593 bits per heavy atom. The van der Waals surface area contributed by atoms with Crippen molar-refractivity contribution in [2.45, 2.75) is 20.8 Å². The van der Waals surface area contributed by atoms with E-state index in [1.807, 2.05) is 0 Å². The Morgan fingerprint density at radius 2 is 1.07 bits per heavy atom. The highest BCUT2D eigenvalue weighted by molar-refractivity contribution is 5.78. The van der Waals surface area contributed by atoms with Gasteiger partial charge in [-0.2, -0.15) is 0 Å². The molecule has 0 unspecified atom stereocenters. The molecule has 0 heterocycles. The van der Waals surface area contributed by atoms with Crippen LogP contribution in [0.5, 0.6) is 0 Å². The first-order valence-corrected chi connectivity index (χ1v) is 8.17. The van der Waals surface area contributed by atoms with E-state index in [9.17, 15) is 22.0 Å². The molecule has 0 aliphatic carbocycles. The van der Waals surface area contributed by atoms with Gasteiger partial charge in [0.25, 0.3) is 0 Å². The van der Waals surface area contributed by atoms with Crippen molar-refractivity contribution >= 4 is 17.1 Å². The van der Waals surface area contributed by atoms with Gasteiger partial charge in [-0.15, -0.1) is 0 Å². The monoisotopic (exact) mass is 377 g/mol. The summed E-state index contributed by atoms with van der Waals surface area (Å²) >= 11 is 0. The summed E-state index contributed by atoms with van der Waals surface area (Å²) in [5, 5.41) is 0. The Morgan fingerprint density at radius 3 is 1.52 bits per heavy atom. The number of rotatable bonds is 3. The summed E-state index contributed by atoms with van der Waals surface area (Å²) in [5.41, 5.74) is -0.604. The predicted octanol–water partition coefficient (Wildman–Crippen LogP) is 6.78. The summed E-state index contributed by atoms with van der Waals surface area (Å²) in [6.45, 7) is 4.47. The van der Waals surface area contributed by atoms with E-state index in [2.05, 4.69) is 0 Å². The summed E-state index contributed by atoms with van der Waals surface area (Å²) in [5.74, 6) is -5.58. The molecule has 27 heavy (non-hydrogen) atoms. The highest BCUT2D eigenvalue weighted by Crippen LogP contribution is 2.41. The molecular formula is C21H16F5N. The Labute approximate surface area is 153 Å². The fraction of sp³-hybridized carbons (Fsp3) is 0.143. The van der Waals surface area contributed by atoms with Crippen LogP contribution in [0.4, 0.5) is 39.0 Å². The van der Waals surface area contributed by atoms with E-state index in [1.165, 1.54) is 31.2 Å². The molecule has 0 aliphatic heterocycles. The van der Waals surface area contributed by atoms with Crippen LogP contribution in [0.2, 0.25) is 0 Å². The Balaban J connectivity index is 2.37. The minimum atomic E-state index is -1.52. The van der Waals surface area contributed by atoms with Crippen molar-refractivity contribution in [2.75, 3.05) is 4.90 Å². The number of hydrogen-bond acceptors (Lipinski definition) is 1. The zero-order valence-corrected chi connectivity index (χ0v) is 14.9. The van der Waals surface area contributed by atoms with E-state index in [0.717, 1.165) is 23.1 Å². The zero-order chi connectivity index (χ0) is 19.9. The van der Waals surface area contributed by atoms with Gasteiger partial charge >= 0.3 is 0 Å². The van der Waals surface area contributed by atoms with Crippen LogP contribution in [0.1, 0.15) is 16.7 Å². The van der Waals surface area contributed by atoms with Crippen molar-refractivity contribution in [1.29, 1.82) is 0 Å². The number of hydrogen-bond donors (Lipinski definition) is 0. The van der Waals surface area contributed by atoms with E-state index in [1.54, 1.807) is 13.8 Å². The molecule has 0 atom stereocenters. The molecule has 3 rings (SSSR count). The quantitative estimate of drug-likeness (QED) is 0.359. The third-order valence-electron chi connectivity index (χ3n) is 4.23. The molecule has 0 saturated heterocycles. The molecule has 0 aliphatic rings. The molecule has 0 amide bonds. The van der Waals surface area contributed by atoms with Crippen molar-refractivity contribution in [3.05, 3.63) is 88.2 Å². The van der Waals surface area contributed by atoms with E-state index < -0.39 is 34.8 Å². The normalized spacial score (nSPS) is 11.0. The van der Waals surface area contributed by atoms with Gasteiger partial charge in [-0.05, 0) is 67.8 Å². The van der Waals surface area contributed by atoms with Gasteiger partial charge in [0, 0.05) is 0 Å². The van der Waals surface area contributed by atoms with E-state index in [4.69, 9.17) is 0 Å². The fourth-order valence-corrected chi connectivity index (χ4v) is 2.87. The molecule has 140 valence electrons. The Kier molecular flexibility index (Phi) is 4.91. The van der Waals surface area contributed by atoms with Crippen LogP contribution in [0, 0.1) is 49.9 Å². The van der Waals surface area contributed by atoms with Crippen molar-refractivity contribution < 1.29 is 22.0 Å². The summed E-state index contributed by atoms with van der Waals surface area (Å²) in [6, 6.07) is 8.64. The predicted molar refractivity (Wildman–Crippen MR) is 95.1 cm³/mol. The van der Waals surface area contributed by atoms with Crippen molar-refractivity contribution in [3.8, 4) is 0 Å². The van der Waals surface area contributed by atoms with Crippen LogP contribution in [0.3, 0.4) is 0 Å². The molecule has 0 saturated carbocycles. The molecule has 6 heteroatoms. The maximum Gasteiger partial charge on any atom is 0.186 e. The SMILES string of the molecule is Cc1ccc(N(c2ccc(C)cc2F)c2c(F)cc(C)c(F)c2F)c(F)c1. The van der Waals surface area contributed by atoms with Gasteiger partial charge in [-0.3, -0.25) is 4.90 Å². The molecular weight excluding hydrogens is 361 g/mol. The number of halogens is 5. The lowest BCUT2D eigenvalue weighted by Crippen LogP contribution is -2.18. The number of aryl methyl sites for hydroxylation is 3. The summed E-state index contributed by atoms with van der Waals surface area (Å²) in [6.07, 6.45) is 0. The molecule has 0 bridgehead atoms. The van der Waals surface area contributed by atoms with E-state index >= 15 is 0 Å². The van der Waals surface area contributed by atoms with Gasteiger partial charge in [0.05, 0.1) is 11.4 Å². The smallest absolute Gasteiger partial charge is 0.186 e. The molecule has 3 aromatic carbocycles. The number of nitrogens with zero attached hydrogens (tertiary/aromatic N) is 1. The van der Waals surface area contributed by atoms with E-state index in [0.29, 0.717) is 11.1 Å². The third-order valence-corrected chi connectivity index (χ3v) is 4.23. The highest BCUT2D eigenvalue weighted by atomic mass is 19.2. The maximum absolute atomic E-state index is 14.7. The average molecular weight is 377 g/mol. The molecule has 0 fully saturated rings. The third kappa shape index (κ3) is 3.39. The number of anilines is 3. The first kappa shape index (κ1) is 18.9. The fourth-order valence-electron chi connectivity index (χ4n) is 2.87. The van der Waals surface area contributed by atoms with Crippen LogP contribution >= 0.6 is 0 Å².